The van der Waals surface area contributed by atoms with Gasteiger partial charge in [-0.15, -0.1) is 0 Å². The molecule has 1 aliphatic carbocycles. The van der Waals surface area contributed by atoms with Crippen molar-refractivity contribution in [2.45, 2.75) is 64.1 Å². The van der Waals surface area contributed by atoms with Crippen molar-refractivity contribution in [2.24, 2.45) is 0 Å². The van der Waals surface area contributed by atoms with Crippen molar-refractivity contribution in [1.82, 2.24) is 10.2 Å². The van der Waals surface area contributed by atoms with E-state index in [9.17, 15) is 14.0 Å². The summed E-state index contributed by atoms with van der Waals surface area (Å²) in [6, 6.07) is 14.8. The van der Waals surface area contributed by atoms with E-state index in [0.717, 1.165) is 31.2 Å². The Bertz CT molecular complexity index is 836. The number of carbonyl (C=O) groups is 2. The zero-order valence-corrected chi connectivity index (χ0v) is 18.1. The summed E-state index contributed by atoms with van der Waals surface area (Å²) in [5, 5.41) is 3.16. The van der Waals surface area contributed by atoms with E-state index < -0.39 is 6.04 Å². The lowest BCUT2D eigenvalue weighted by molar-refractivity contribution is -0.143. The minimum atomic E-state index is -0.577. The van der Waals surface area contributed by atoms with Crippen molar-refractivity contribution in [3.8, 4) is 5.75 Å². The number of halogens is 1. The van der Waals surface area contributed by atoms with Crippen LogP contribution in [0, 0.1) is 5.82 Å². The Morgan fingerprint density at radius 1 is 1.06 bits per heavy atom. The molecule has 2 aromatic rings. The van der Waals surface area contributed by atoms with Crippen LogP contribution in [-0.2, 0) is 16.1 Å². The molecule has 2 amide bonds. The Hall–Kier alpha value is -2.89. The summed E-state index contributed by atoms with van der Waals surface area (Å²) in [6.45, 7) is 2.02. The predicted octanol–water partition coefficient (Wildman–Crippen LogP) is 4.46. The summed E-state index contributed by atoms with van der Waals surface area (Å²) in [5.74, 6) is -0.344. The summed E-state index contributed by atoms with van der Waals surface area (Å²) in [6.07, 6.45) is 5.95. The maximum Gasteiger partial charge on any atom is 0.261 e. The molecule has 2 aromatic carbocycles. The van der Waals surface area contributed by atoms with Gasteiger partial charge in [-0.05, 0) is 49.1 Å². The Morgan fingerprint density at radius 2 is 1.74 bits per heavy atom. The number of hydrogen-bond donors (Lipinski definition) is 1. The Morgan fingerprint density at radius 3 is 2.39 bits per heavy atom. The van der Waals surface area contributed by atoms with Crippen LogP contribution < -0.4 is 10.1 Å². The van der Waals surface area contributed by atoms with Gasteiger partial charge < -0.3 is 15.0 Å². The summed E-state index contributed by atoms with van der Waals surface area (Å²) in [7, 11) is 0. The average Bonchev–Trinajstić information content (AvgIpc) is 2.79. The summed E-state index contributed by atoms with van der Waals surface area (Å²) >= 11 is 0. The monoisotopic (exact) mass is 426 g/mol. The van der Waals surface area contributed by atoms with Gasteiger partial charge in [-0.2, -0.15) is 0 Å². The standard InChI is InChI=1S/C25H31FN2O3/c1-2-23(25(30)27-21-11-7-4-8-12-21)28(17-19-9-5-3-6-10-19)24(29)18-31-22-15-13-20(26)14-16-22/h3,5-6,9-10,13-16,21,23H,2,4,7-8,11-12,17-18H2,1H3,(H,27,30)/t23-/m1/s1. The van der Waals surface area contributed by atoms with Crippen LogP contribution >= 0.6 is 0 Å². The van der Waals surface area contributed by atoms with Crippen molar-refractivity contribution in [3.63, 3.8) is 0 Å². The van der Waals surface area contributed by atoms with Gasteiger partial charge in [0.05, 0.1) is 0 Å². The first-order valence-corrected chi connectivity index (χ1v) is 11.1. The van der Waals surface area contributed by atoms with Gasteiger partial charge >= 0.3 is 0 Å². The number of nitrogens with one attached hydrogen (secondary N) is 1. The number of hydrogen-bond acceptors (Lipinski definition) is 3. The first-order chi connectivity index (χ1) is 15.1. The largest absolute Gasteiger partial charge is 0.484 e. The van der Waals surface area contributed by atoms with Crippen LogP contribution in [0.15, 0.2) is 54.6 Å². The molecule has 0 radical (unpaired) electrons. The Balaban J connectivity index is 1.72. The van der Waals surface area contributed by atoms with E-state index in [1.54, 1.807) is 4.90 Å². The molecular formula is C25H31FN2O3. The fourth-order valence-corrected chi connectivity index (χ4v) is 4.00. The van der Waals surface area contributed by atoms with Crippen LogP contribution in [0.3, 0.4) is 0 Å². The molecule has 0 unspecified atom stereocenters. The number of nitrogens with zero attached hydrogens (tertiary/aromatic N) is 1. The lowest BCUT2D eigenvalue weighted by atomic mass is 9.95. The van der Waals surface area contributed by atoms with Gasteiger partial charge in [-0.1, -0.05) is 56.5 Å². The predicted molar refractivity (Wildman–Crippen MR) is 118 cm³/mol. The highest BCUT2D eigenvalue weighted by Crippen LogP contribution is 2.19. The molecule has 1 saturated carbocycles. The van der Waals surface area contributed by atoms with Crippen molar-refractivity contribution in [2.75, 3.05) is 6.61 Å². The molecule has 166 valence electrons. The van der Waals surface area contributed by atoms with Crippen molar-refractivity contribution < 1.29 is 18.7 Å². The van der Waals surface area contributed by atoms with Crippen molar-refractivity contribution >= 4 is 11.8 Å². The highest BCUT2D eigenvalue weighted by atomic mass is 19.1. The van der Waals surface area contributed by atoms with E-state index in [-0.39, 0.29) is 30.3 Å². The van der Waals surface area contributed by atoms with Crippen molar-refractivity contribution in [3.05, 3.63) is 66.0 Å². The summed E-state index contributed by atoms with van der Waals surface area (Å²) < 4.78 is 18.7. The van der Waals surface area contributed by atoms with Crippen LogP contribution in [0.1, 0.15) is 51.0 Å². The zero-order chi connectivity index (χ0) is 22.1. The third-order valence-electron chi connectivity index (χ3n) is 5.71. The molecule has 6 heteroatoms. The normalized spacial score (nSPS) is 15.2. The summed E-state index contributed by atoms with van der Waals surface area (Å²) in [4.78, 5) is 27.8. The SMILES string of the molecule is CC[C@H](C(=O)NC1CCCCC1)N(Cc1ccccc1)C(=O)COc1ccc(F)cc1. The molecule has 0 aliphatic heterocycles. The van der Waals surface area contributed by atoms with E-state index in [1.807, 2.05) is 37.3 Å². The maximum absolute atomic E-state index is 13.1. The van der Waals surface area contributed by atoms with Crippen LogP contribution in [0.5, 0.6) is 5.75 Å². The smallest absolute Gasteiger partial charge is 0.261 e. The van der Waals surface area contributed by atoms with Crippen LogP contribution in [0.2, 0.25) is 0 Å². The third kappa shape index (κ3) is 6.81. The molecule has 1 atom stereocenters. The fraction of sp³-hybridized carbons (Fsp3) is 0.440. The molecule has 0 spiro atoms. The van der Waals surface area contributed by atoms with Gasteiger partial charge in [-0.3, -0.25) is 9.59 Å². The second-order valence-electron chi connectivity index (χ2n) is 8.02. The molecule has 1 aliphatic rings. The van der Waals surface area contributed by atoms with Gasteiger partial charge in [0.2, 0.25) is 5.91 Å². The minimum absolute atomic E-state index is 0.111. The number of amides is 2. The molecule has 31 heavy (non-hydrogen) atoms. The van der Waals surface area contributed by atoms with Gasteiger partial charge in [-0.25, -0.2) is 4.39 Å². The number of benzene rings is 2. The molecular weight excluding hydrogens is 395 g/mol. The fourth-order valence-electron chi connectivity index (χ4n) is 4.00. The second-order valence-corrected chi connectivity index (χ2v) is 8.02. The van der Waals surface area contributed by atoms with Crippen LogP contribution in [0.25, 0.3) is 0 Å². The lowest BCUT2D eigenvalue weighted by Gasteiger charge is -2.32. The van der Waals surface area contributed by atoms with Gasteiger partial charge in [0.25, 0.3) is 5.91 Å². The van der Waals surface area contributed by atoms with Crippen molar-refractivity contribution in [1.29, 1.82) is 0 Å². The van der Waals surface area contributed by atoms with Gasteiger partial charge in [0.1, 0.15) is 17.6 Å². The van der Waals surface area contributed by atoms with Gasteiger partial charge in [0, 0.05) is 12.6 Å². The van der Waals surface area contributed by atoms with Crippen LogP contribution in [-0.4, -0.2) is 35.4 Å². The quantitative estimate of drug-likeness (QED) is 0.644. The highest BCUT2D eigenvalue weighted by molar-refractivity contribution is 5.88. The van der Waals surface area contributed by atoms with E-state index >= 15 is 0 Å². The maximum atomic E-state index is 13.1. The number of rotatable bonds is 9. The number of ether oxygens (including phenoxy) is 1. The minimum Gasteiger partial charge on any atom is -0.484 e. The first-order valence-electron chi connectivity index (χ1n) is 11.1. The lowest BCUT2D eigenvalue weighted by Crippen LogP contribution is -2.52. The third-order valence-corrected chi connectivity index (χ3v) is 5.71. The molecule has 1 fully saturated rings. The second kappa shape index (κ2) is 11.5. The molecule has 5 nitrogen and oxygen atoms in total. The average molecular weight is 427 g/mol. The highest BCUT2D eigenvalue weighted by Gasteiger charge is 2.30. The van der Waals surface area contributed by atoms with E-state index in [0.29, 0.717) is 18.7 Å². The topological polar surface area (TPSA) is 58.6 Å². The Labute approximate surface area is 183 Å². The van der Waals surface area contributed by atoms with Crippen LogP contribution in [0.4, 0.5) is 4.39 Å². The molecule has 0 aromatic heterocycles. The van der Waals surface area contributed by atoms with E-state index in [1.165, 1.54) is 30.7 Å². The zero-order valence-electron chi connectivity index (χ0n) is 18.1. The summed E-state index contributed by atoms with van der Waals surface area (Å²) in [5.41, 5.74) is 0.946. The first kappa shape index (κ1) is 22.8. The Kier molecular flexibility index (Phi) is 8.44. The molecule has 0 bridgehead atoms. The molecule has 1 N–H and O–H groups in total. The van der Waals surface area contributed by atoms with E-state index in [2.05, 4.69) is 5.32 Å². The molecule has 0 saturated heterocycles. The van der Waals surface area contributed by atoms with Gasteiger partial charge in [0.15, 0.2) is 6.61 Å². The molecule has 3 rings (SSSR count). The molecule has 0 heterocycles. The van der Waals surface area contributed by atoms with E-state index in [4.69, 9.17) is 4.74 Å². The number of carbonyl (C=O) groups excluding carboxylic acids is 2.